The first kappa shape index (κ1) is 14.5. The van der Waals surface area contributed by atoms with E-state index in [1.165, 1.54) is 12.1 Å². The van der Waals surface area contributed by atoms with Crippen molar-refractivity contribution in [3.63, 3.8) is 0 Å². The molecule has 1 atom stereocenters. The fourth-order valence-electron chi connectivity index (χ4n) is 2.94. The van der Waals surface area contributed by atoms with E-state index in [0.29, 0.717) is 18.8 Å². The molecule has 1 aromatic carbocycles. The first-order valence-electron chi connectivity index (χ1n) is 7.52. The van der Waals surface area contributed by atoms with E-state index in [4.69, 9.17) is 9.47 Å². The highest BCUT2D eigenvalue weighted by Gasteiger charge is 2.23. The molecule has 21 heavy (non-hydrogen) atoms. The first-order chi connectivity index (χ1) is 10.2. The fourth-order valence-corrected chi connectivity index (χ4v) is 2.94. The van der Waals surface area contributed by atoms with Crippen molar-refractivity contribution in [3.05, 3.63) is 29.6 Å². The number of nitrogens with zero attached hydrogens (tertiary/aromatic N) is 1. The average molecular weight is 293 g/mol. The molecule has 0 aliphatic carbocycles. The Hall–Kier alpha value is -1.46. The molecule has 1 saturated heterocycles. The van der Waals surface area contributed by atoms with E-state index in [9.17, 15) is 9.18 Å². The lowest BCUT2D eigenvalue weighted by molar-refractivity contribution is -0.124. The van der Waals surface area contributed by atoms with Crippen molar-refractivity contribution < 1.29 is 18.7 Å². The third-order valence-corrected chi connectivity index (χ3v) is 4.02. The zero-order chi connectivity index (χ0) is 14.7. The van der Waals surface area contributed by atoms with Crippen LogP contribution in [0.2, 0.25) is 0 Å². The van der Waals surface area contributed by atoms with E-state index < -0.39 is 0 Å². The lowest BCUT2D eigenvalue weighted by atomic mass is 10.0. The van der Waals surface area contributed by atoms with Gasteiger partial charge in [0.1, 0.15) is 12.4 Å². The van der Waals surface area contributed by atoms with Crippen LogP contribution in [-0.4, -0.2) is 38.4 Å². The molecule has 1 amide bonds. The maximum atomic E-state index is 13.4. The number of hydrogen-bond acceptors (Lipinski definition) is 3. The molecule has 0 saturated carbocycles. The van der Waals surface area contributed by atoms with Crippen LogP contribution in [0.3, 0.4) is 0 Å². The number of halogens is 1. The molecule has 2 aliphatic heterocycles. The van der Waals surface area contributed by atoms with Gasteiger partial charge in [-0.3, -0.25) is 4.79 Å². The lowest BCUT2D eigenvalue weighted by Crippen LogP contribution is -2.38. The Labute approximate surface area is 123 Å². The number of rotatable bonds is 4. The molecule has 0 spiro atoms. The third kappa shape index (κ3) is 3.41. The average Bonchev–Trinajstić information content (AvgIpc) is 2.99. The van der Waals surface area contributed by atoms with E-state index in [1.807, 2.05) is 0 Å². The van der Waals surface area contributed by atoms with Crippen molar-refractivity contribution in [1.29, 1.82) is 0 Å². The molecule has 4 nitrogen and oxygen atoms in total. The third-order valence-electron chi connectivity index (χ3n) is 4.02. The van der Waals surface area contributed by atoms with E-state index >= 15 is 0 Å². The van der Waals surface area contributed by atoms with Crippen molar-refractivity contribution in [1.82, 2.24) is 0 Å². The second-order valence-corrected chi connectivity index (χ2v) is 5.57. The predicted octanol–water partition coefficient (Wildman–Crippen LogP) is 2.30. The van der Waals surface area contributed by atoms with Gasteiger partial charge in [-0.25, -0.2) is 4.39 Å². The van der Waals surface area contributed by atoms with Crippen LogP contribution in [0.15, 0.2) is 18.2 Å². The van der Waals surface area contributed by atoms with E-state index in [0.717, 1.165) is 37.9 Å². The summed E-state index contributed by atoms with van der Waals surface area (Å²) in [6.07, 6.45) is 3.95. The zero-order valence-corrected chi connectivity index (χ0v) is 12.0. The zero-order valence-electron chi connectivity index (χ0n) is 12.0. The minimum absolute atomic E-state index is 0.0236. The highest BCUT2D eigenvalue weighted by Crippen LogP contribution is 2.28. The van der Waals surface area contributed by atoms with Crippen LogP contribution in [0.1, 0.15) is 24.8 Å². The number of hydrogen-bond donors (Lipinski definition) is 0. The maximum absolute atomic E-state index is 13.4. The number of amides is 1. The smallest absolute Gasteiger partial charge is 0.252 e. The van der Waals surface area contributed by atoms with Crippen molar-refractivity contribution in [3.8, 4) is 0 Å². The SMILES string of the molecule is O=C(COC[C@H]1CCCO1)N1CCCc2ccc(F)cc21. The molecule has 2 aliphatic rings. The predicted molar refractivity (Wildman–Crippen MR) is 76.9 cm³/mol. The lowest BCUT2D eigenvalue weighted by Gasteiger charge is -2.29. The molecule has 3 rings (SSSR count). The van der Waals surface area contributed by atoms with Gasteiger partial charge in [0.2, 0.25) is 0 Å². The second kappa shape index (κ2) is 6.54. The number of benzene rings is 1. The normalized spacial score (nSPS) is 21.4. The molecule has 0 bridgehead atoms. The number of anilines is 1. The van der Waals surface area contributed by atoms with Crippen LogP contribution in [0.4, 0.5) is 10.1 Å². The molecule has 0 radical (unpaired) electrons. The summed E-state index contributed by atoms with van der Waals surface area (Å²) in [6, 6.07) is 4.64. The summed E-state index contributed by atoms with van der Waals surface area (Å²) >= 11 is 0. The molecule has 5 heteroatoms. The first-order valence-corrected chi connectivity index (χ1v) is 7.52. The summed E-state index contributed by atoms with van der Waals surface area (Å²) < 4.78 is 24.3. The molecule has 1 aromatic rings. The van der Waals surface area contributed by atoms with Crippen LogP contribution < -0.4 is 4.90 Å². The van der Waals surface area contributed by atoms with Crippen LogP contribution in [0.5, 0.6) is 0 Å². The molecular weight excluding hydrogens is 273 g/mol. The molecule has 2 heterocycles. The number of carbonyl (C=O) groups excluding carboxylic acids is 1. The highest BCUT2D eigenvalue weighted by molar-refractivity contribution is 5.95. The summed E-state index contributed by atoms with van der Waals surface area (Å²) in [5.74, 6) is -0.423. The van der Waals surface area contributed by atoms with Gasteiger partial charge >= 0.3 is 0 Å². The van der Waals surface area contributed by atoms with Crippen molar-refractivity contribution in [2.45, 2.75) is 31.8 Å². The Bertz CT molecular complexity index is 514. The largest absolute Gasteiger partial charge is 0.376 e. The minimum atomic E-state index is -0.311. The van der Waals surface area contributed by atoms with Gasteiger partial charge in [0, 0.05) is 18.8 Å². The van der Waals surface area contributed by atoms with Gasteiger partial charge in [0.15, 0.2) is 0 Å². The summed E-state index contributed by atoms with van der Waals surface area (Å²) in [5, 5.41) is 0. The number of ether oxygens (including phenoxy) is 2. The van der Waals surface area contributed by atoms with Gasteiger partial charge < -0.3 is 14.4 Å². The van der Waals surface area contributed by atoms with Gasteiger partial charge in [0.05, 0.1) is 12.7 Å². The quantitative estimate of drug-likeness (QED) is 0.855. The van der Waals surface area contributed by atoms with Gasteiger partial charge in [0.25, 0.3) is 5.91 Å². The van der Waals surface area contributed by atoms with E-state index in [1.54, 1.807) is 11.0 Å². The Morgan fingerprint density at radius 2 is 2.33 bits per heavy atom. The number of carbonyl (C=O) groups is 1. The van der Waals surface area contributed by atoms with Crippen molar-refractivity contribution >= 4 is 11.6 Å². The van der Waals surface area contributed by atoms with E-state index in [-0.39, 0.29) is 24.4 Å². The maximum Gasteiger partial charge on any atom is 0.252 e. The monoisotopic (exact) mass is 293 g/mol. The van der Waals surface area contributed by atoms with E-state index in [2.05, 4.69) is 0 Å². The van der Waals surface area contributed by atoms with Crippen molar-refractivity contribution in [2.75, 3.05) is 31.3 Å². The number of fused-ring (bicyclic) bond motifs is 1. The molecule has 0 N–H and O–H groups in total. The minimum Gasteiger partial charge on any atom is -0.376 e. The standard InChI is InChI=1S/C16H20FNO3/c17-13-6-5-12-3-1-7-18(15(12)9-13)16(19)11-20-10-14-4-2-8-21-14/h5-6,9,14H,1-4,7-8,10-11H2/t14-/m1/s1. The summed E-state index contributed by atoms with van der Waals surface area (Å²) in [7, 11) is 0. The van der Waals surface area contributed by atoms with Crippen LogP contribution in [0, 0.1) is 5.82 Å². The summed E-state index contributed by atoms with van der Waals surface area (Å²) in [4.78, 5) is 13.9. The molecule has 0 aromatic heterocycles. The molecular formula is C16H20FNO3. The van der Waals surface area contributed by atoms with Gasteiger partial charge in [-0.15, -0.1) is 0 Å². The topological polar surface area (TPSA) is 38.8 Å². The highest BCUT2D eigenvalue weighted by atomic mass is 19.1. The fraction of sp³-hybridized carbons (Fsp3) is 0.562. The Kier molecular flexibility index (Phi) is 4.51. The van der Waals surface area contributed by atoms with Crippen LogP contribution >= 0.6 is 0 Å². The Morgan fingerprint density at radius 3 is 3.14 bits per heavy atom. The number of aryl methyl sites for hydroxylation is 1. The Morgan fingerprint density at radius 1 is 1.43 bits per heavy atom. The van der Waals surface area contributed by atoms with Crippen LogP contribution in [0.25, 0.3) is 0 Å². The van der Waals surface area contributed by atoms with Gasteiger partial charge in [-0.05, 0) is 43.4 Å². The summed E-state index contributed by atoms with van der Waals surface area (Å²) in [6.45, 7) is 1.88. The Balaban J connectivity index is 1.59. The summed E-state index contributed by atoms with van der Waals surface area (Å²) in [5.41, 5.74) is 1.71. The van der Waals surface area contributed by atoms with Gasteiger partial charge in [-0.2, -0.15) is 0 Å². The molecule has 0 unspecified atom stereocenters. The molecule has 114 valence electrons. The van der Waals surface area contributed by atoms with Crippen LogP contribution in [-0.2, 0) is 20.7 Å². The second-order valence-electron chi connectivity index (χ2n) is 5.57. The van der Waals surface area contributed by atoms with Gasteiger partial charge in [-0.1, -0.05) is 6.07 Å². The van der Waals surface area contributed by atoms with Crippen molar-refractivity contribution in [2.24, 2.45) is 0 Å². The molecule has 1 fully saturated rings.